The van der Waals surface area contributed by atoms with Crippen LogP contribution in [0, 0.1) is 0 Å². The lowest BCUT2D eigenvalue weighted by atomic mass is 10.0. The van der Waals surface area contributed by atoms with Crippen LogP contribution in [0.15, 0.2) is 48.8 Å². The molecule has 1 aromatic carbocycles. The maximum atomic E-state index is 6.25. The molecule has 106 valence electrons. The third-order valence-corrected chi connectivity index (χ3v) is 3.43. The lowest BCUT2D eigenvalue weighted by Gasteiger charge is -2.12. The van der Waals surface area contributed by atoms with Crippen LogP contribution in [0.2, 0.25) is 0 Å². The number of aromatic nitrogens is 4. The Hall–Kier alpha value is -2.69. The molecular weight excluding hydrogens is 262 g/mol. The fraction of sp³-hybridized carbons (Fsp3) is 0.188. The van der Waals surface area contributed by atoms with Crippen molar-refractivity contribution in [3.63, 3.8) is 0 Å². The van der Waals surface area contributed by atoms with Crippen LogP contribution in [-0.4, -0.2) is 20.0 Å². The summed E-state index contributed by atoms with van der Waals surface area (Å²) in [5.74, 6) is 0.905. The zero-order valence-corrected chi connectivity index (χ0v) is 12.1. The lowest BCUT2D eigenvalue weighted by molar-refractivity contribution is 0.776. The number of para-hydroxylation sites is 1. The molecule has 0 saturated carbocycles. The van der Waals surface area contributed by atoms with E-state index in [9.17, 15) is 0 Å². The van der Waals surface area contributed by atoms with Crippen molar-refractivity contribution < 1.29 is 0 Å². The largest absolute Gasteiger partial charge is 0.382 e. The lowest BCUT2D eigenvalue weighted by Crippen LogP contribution is -2.06. The van der Waals surface area contributed by atoms with Gasteiger partial charge >= 0.3 is 0 Å². The van der Waals surface area contributed by atoms with Crippen LogP contribution >= 0.6 is 0 Å². The molecule has 0 bridgehead atoms. The summed E-state index contributed by atoms with van der Waals surface area (Å²) < 4.78 is 1.69. The third kappa shape index (κ3) is 2.38. The molecule has 0 spiro atoms. The Balaban J connectivity index is 2.12. The molecule has 2 aromatic heterocycles. The topological polar surface area (TPSA) is 69.6 Å². The van der Waals surface area contributed by atoms with Crippen LogP contribution in [-0.2, 0) is 0 Å². The summed E-state index contributed by atoms with van der Waals surface area (Å²) in [5, 5.41) is 8.43. The van der Waals surface area contributed by atoms with Gasteiger partial charge in [0.15, 0.2) is 5.82 Å². The molecule has 5 nitrogen and oxygen atoms in total. The number of anilines is 1. The van der Waals surface area contributed by atoms with Gasteiger partial charge in [-0.25, -0.2) is 0 Å². The number of benzene rings is 1. The fourth-order valence-electron chi connectivity index (χ4n) is 2.34. The third-order valence-electron chi connectivity index (χ3n) is 3.43. The van der Waals surface area contributed by atoms with Crippen LogP contribution in [0.5, 0.6) is 0 Å². The van der Waals surface area contributed by atoms with E-state index in [4.69, 9.17) is 5.73 Å². The molecule has 0 aliphatic heterocycles. The smallest absolute Gasteiger partial charge is 0.155 e. The average molecular weight is 279 g/mol. The van der Waals surface area contributed by atoms with Crippen molar-refractivity contribution in [3.05, 3.63) is 54.4 Å². The van der Waals surface area contributed by atoms with Gasteiger partial charge in [-0.3, -0.25) is 4.98 Å². The van der Waals surface area contributed by atoms with Gasteiger partial charge in [0.2, 0.25) is 0 Å². The maximum Gasteiger partial charge on any atom is 0.155 e. The highest BCUT2D eigenvalue weighted by atomic mass is 15.5. The highest BCUT2D eigenvalue weighted by Gasteiger charge is 2.16. The minimum absolute atomic E-state index is 0.381. The van der Waals surface area contributed by atoms with Gasteiger partial charge < -0.3 is 5.73 Å². The number of rotatable bonds is 3. The quantitative estimate of drug-likeness (QED) is 0.800. The summed E-state index contributed by atoms with van der Waals surface area (Å²) in [4.78, 5) is 4.10. The molecule has 3 rings (SSSR count). The molecule has 0 unspecified atom stereocenters. The van der Waals surface area contributed by atoms with Crippen molar-refractivity contribution in [1.82, 2.24) is 20.0 Å². The molecule has 0 fully saturated rings. The molecule has 0 atom stereocenters. The summed E-state index contributed by atoms with van der Waals surface area (Å²) >= 11 is 0. The minimum atomic E-state index is 0.381. The van der Waals surface area contributed by atoms with E-state index < -0.39 is 0 Å². The summed E-state index contributed by atoms with van der Waals surface area (Å²) in [6.07, 6.45) is 3.46. The molecule has 0 saturated heterocycles. The van der Waals surface area contributed by atoms with Gasteiger partial charge in [0.1, 0.15) is 5.69 Å². The predicted octanol–water partition coefficient (Wildman–Crippen LogP) is 3.03. The number of hydrogen-bond donors (Lipinski definition) is 1. The summed E-state index contributed by atoms with van der Waals surface area (Å²) in [5.41, 5.74) is 9.92. The van der Waals surface area contributed by atoms with Crippen LogP contribution in [0.25, 0.3) is 16.9 Å². The van der Waals surface area contributed by atoms with Gasteiger partial charge in [0.25, 0.3) is 0 Å². The summed E-state index contributed by atoms with van der Waals surface area (Å²) in [6, 6.07) is 11.9. The van der Waals surface area contributed by atoms with Gasteiger partial charge in [0, 0.05) is 18.0 Å². The Morgan fingerprint density at radius 1 is 1.10 bits per heavy atom. The second-order valence-corrected chi connectivity index (χ2v) is 5.19. The number of hydrogen-bond acceptors (Lipinski definition) is 4. The molecule has 5 heteroatoms. The van der Waals surface area contributed by atoms with Crippen molar-refractivity contribution in [1.29, 1.82) is 0 Å². The SMILES string of the molecule is CC(C)c1ccccc1-n1nnc(-c2cccnc2)c1N. The number of nitrogens with zero attached hydrogens (tertiary/aromatic N) is 4. The molecule has 0 aliphatic carbocycles. The standard InChI is InChI=1S/C16H17N5/c1-11(2)13-7-3-4-8-14(13)21-16(17)15(19-20-21)12-6-5-9-18-10-12/h3-11H,17H2,1-2H3. The Kier molecular flexibility index (Phi) is 3.39. The fourth-order valence-corrected chi connectivity index (χ4v) is 2.34. The molecular formula is C16H17N5. The zero-order valence-electron chi connectivity index (χ0n) is 12.1. The zero-order chi connectivity index (χ0) is 14.8. The first-order chi connectivity index (χ1) is 10.2. The molecule has 2 N–H and O–H groups in total. The summed E-state index contributed by atoms with van der Waals surface area (Å²) in [7, 11) is 0. The van der Waals surface area contributed by atoms with Crippen molar-refractivity contribution in [2.75, 3.05) is 5.73 Å². The second-order valence-electron chi connectivity index (χ2n) is 5.19. The van der Waals surface area contributed by atoms with Crippen LogP contribution in [0.4, 0.5) is 5.82 Å². The second kappa shape index (κ2) is 5.36. The Labute approximate surface area is 123 Å². The number of pyridine rings is 1. The first kappa shape index (κ1) is 13.3. The van der Waals surface area contributed by atoms with Crippen LogP contribution < -0.4 is 5.73 Å². The van der Waals surface area contributed by atoms with Crippen molar-refractivity contribution >= 4 is 5.82 Å². The van der Waals surface area contributed by atoms with E-state index in [0.717, 1.165) is 11.3 Å². The van der Waals surface area contributed by atoms with Crippen molar-refractivity contribution in [2.24, 2.45) is 0 Å². The Bertz CT molecular complexity index is 746. The summed E-state index contributed by atoms with van der Waals surface area (Å²) in [6.45, 7) is 4.29. The van der Waals surface area contributed by atoms with Gasteiger partial charge in [-0.1, -0.05) is 37.3 Å². The van der Waals surface area contributed by atoms with E-state index in [1.54, 1.807) is 17.1 Å². The van der Waals surface area contributed by atoms with Crippen LogP contribution in [0.1, 0.15) is 25.3 Å². The van der Waals surface area contributed by atoms with Crippen molar-refractivity contribution in [3.8, 4) is 16.9 Å². The van der Waals surface area contributed by atoms with E-state index in [1.165, 1.54) is 5.56 Å². The normalized spacial score (nSPS) is 11.0. The Morgan fingerprint density at radius 3 is 2.62 bits per heavy atom. The predicted molar refractivity (Wildman–Crippen MR) is 83.1 cm³/mol. The van der Waals surface area contributed by atoms with Gasteiger partial charge in [0.05, 0.1) is 5.69 Å². The van der Waals surface area contributed by atoms with E-state index >= 15 is 0 Å². The first-order valence-corrected chi connectivity index (χ1v) is 6.89. The number of nitrogens with two attached hydrogens (primary N) is 1. The average Bonchev–Trinajstić information content (AvgIpc) is 2.89. The van der Waals surface area contributed by atoms with E-state index in [0.29, 0.717) is 17.4 Å². The van der Waals surface area contributed by atoms with E-state index in [2.05, 4.69) is 35.2 Å². The molecule has 21 heavy (non-hydrogen) atoms. The van der Waals surface area contributed by atoms with Gasteiger partial charge in [-0.2, -0.15) is 4.68 Å². The highest BCUT2D eigenvalue weighted by molar-refractivity contribution is 5.70. The molecule has 0 radical (unpaired) electrons. The number of nitrogen functional groups attached to an aromatic ring is 1. The maximum absolute atomic E-state index is 6.25. The van der Waals surface area contributed by atoms with E-state index in [1.807, 2.05) is 30.3 Å². The van der Waals surface area contributed by atoms with Crippen LogP contribution in [0.3, 0.4) is 0 Å². The molecule has 0 aliphatic rings. The van der Waals surface area contributed by atoms with Crippen molar-refractivity contribution in [2.45, 2.75) is 19.8 Å². The molecule has 0 amide bonds. The van der Waals surface area contributed by atoms with Gasteiger partial charge in [-0.15, -0.1) is 5.10 Å². The minimum Gasteiger partial charge on any atom is -0.382 e. The Morgan fingerprint density at radius 2 is 1.90 bits per heavy atom. The van der Waals surface area contributed by atoms with E-state index in [-0.39, 0.29) is 0 Å². The molecule has 3 aromatic rings. The van der Waals surface area contributed by atoms with Gasteiger partial charge in [-0.05, 0) is 29.7 Å². The first-order valence-electron chi connectivity index (χ1n) is 6.89. The highest BCUT2D eigenvalue weighted by Crippen LogP contribution is 2.28. The monoisotopic (exact) mass is 279 g/mol. The molecule has 2 heterocycles.